The van der Waals surface area contributed by atoms with Crippen molar-refractivity contribution in [2.24, 2.45) is 0 Å². The molecule has 1 atom stereocenters. The topological polar surface area (TPSA) is 60.2 Å². The van der Waals surface area contributed by atoms with Crippen LogP contribution < -0.4 is 10.6 Å². The van der Waals surface area contributed by atoms with Crippen LogP contribution in [0.2, 0.25) is 0 Å². The van der Waals surface area contributed by atoms with Gasteiger partial charge in [0.2, 0.25) is 0 Å². The van der Waals surface area contributed by atoms with Gasteiger partial charge in [0.15, 0.2) is 0 Å². The summed E-state index contributed by atoms with van der Waals surface area (Å²) in [5.41, 5.74) is 2.64. The van der Waals surface area contributed by atoms with Crippen molar-refractivity contribution in [2.45, 2.75) is 6.16 Å². The summed E-state index contributed by atoms with van der Waals surface area (Å²) < 4.78 is 13.9. The largest absolute Gasteiger partial charge is 0.313 e. The molecule has 0 bridgehead atoms. The summed E-state index contributed by atoms with van der Waals surface area (Å²) in [6, 6.07) is 21.9. The molecule has 5 heteroatoms. The van der Waals surface area contributed by atoms with Gasteiger partial charge < -0.3 is 4.57 Å². The molecule has 0 spiro atoms. The summed E-state index contributed by atoms with van der Waals surface area (Å²) in [4.78, 5) is 10.7. The summed E-state index contributed by atoms with van der Waals surface area (Å²) in [6.07, 6.45) is 0.311. The molecule has 0 amide bonds. The fraction of sp³-hybridized carbons (Fsp3) is 0.0526. The highest BCUT2D eigenvalue weighted by Crippen LogP contribution is 2.54. The van der Waals surface area contributed by atoms with Crippen LogP contribution in [0, 0.1) is 10.1 Å². The van der Waals surface area contributed by atoms with Crippen molar-refractivity contribution in [2.75, 3.05) is 0 Å². The number of hydrogen-bond acceptors (Lipinski definition) is 3. The van der Waals surface area contributed by atoms with E-state index in [1.54, 1.807) is 12.1 Å². The minimum atomic E-state index is -2.86. The normalized spacial score (nSPS) is 18.5. The molecule has 1 unspecified atom stereocenters. The van der Waals surface area contributed by atoms with Gasteiger partial charge in [-0.15, -0.1) is 0 Å². The molecule has 0 aromatic heterocycles. The Morgan fingerprint density at radius 1 is 0.875 bits per heavy atom. The lowest BCUT2D eigenvalue weighted by Gasteiger charge is -2.28. The molecule has 4 nitrogen and oxygen atoms in total. The van der Waals surface area contributed by atoms with Gasteiger partial charge in [-0.2, -0.15) is 0 Å². The Balaban J connectivity index is 2.00. The van der Waals surface area contributed by atoms with Crippen molar-refractivity contribution in [3.63, 3.8) is 0 Å². The fourth-order valence-electron chi connectivity index (χ4n) is 3.33. The van der Waals surface area contributed by atoms with Crippen LogP contribution >= 0.6 is 7.14 Å². The zero-order valence-electron chi connectivity index (χ0n) is 12.8. The third-order valence-electron chi connectivity index (χ3n) is 4.45. The van der Waals surface area contributed by atoms with Gasteiger partial charge in [-0.1, -0.05) is 54.6 Å². The Hall–Kier alpha value is -2.71. The Morgan fingerprint density at radius 3 is 2.33 bits per heavy atom. The van der Waals surface area contributed by atoms with E-state index in [-0.39, 0.29) is 5.69 Å². The van der Waals surface area contributed by atoms with Crippen LogP contribution in [0.5, 0.6) is 0 Å². The molecule has 0 fully saturated rings. The van der Waals surface area contributed by atoms with Gasteiger partial charge in [0, 0.05) is 28.9 Å². The van der Waals surface area contributed by atoms with Gasteiger partial charge >= 0.3 is 0 Å². The summed E-state index contributed by atoms with van der Waals surface area (Å²) >= 11 is 0. The monoisotopic (exact) mass is 335 g/mol. The number of fused-ring (bicyclic) bond motifs is 3. The molecule has 0 aliphatic carbocycles. The molecule has 1 aliphatic heterocycles. The number of rotatable bonds is 2. The van der Waals surface area contributed by atoms with Gasteiger partial charge in [-0.3, -0.25) is 10.1 Å². The molecule has 1 heterocycles. The second-order valence-electron chi connectivity index (χ2n) is 5.85. The first kappa shape index (κ1) is 14.9. The predicted molar refractivity (Wildman–Crippen MR) is 95.6 cm³/mol. The molecular weight excluding hydrogens is 321 g/mol. The average molecular weight is 335 g/mol. The molecule has 118 valence electrons. The Bertz CT molecular complexity index is 999. The van der Waals surface area contributed by atoms with Crippen molar-refractivity contribution >= 4 is 23.4 Å². The van der Waals surface area contributed by atoms with Gasteiger partial charge in [0.05, 0.1) is 4.92 Å². The van der Waals surface area contributed by atoms with Crippen LogP contribution in [0.15, 0.2) is 72.8 Å². The third-order valence-corrected chi connectivity index (χ3v) is 7.54. The van der Waals surface area contributed by atoms with Gasteiger partial charge in [0.25, 0.3) is 5.69 Å². The first-order valence-electron chi connectivity index (χ1n) is 7.61. The zero-order chi connectivity index (χ0) is 16.7. The number of nitro groups is 1. The van der Waals surface area contributed by atoms with Crippen LogP contribution in [-0.4, -0.2) is 4.92 Å². The first-order valence-corrected chi connectivity index (χ1v) is 9.51. The van der Waals surface area contributed by atoms with Crippen molar-refractivity contribution in [3.05, 3.63) is 88.5 Å². The van der Waals surface area contributed by atoms with Crippen molar-refractivity contribution in [3.8, 4) is 11.1 Å². The average Bonchev–Trinajstić information content (AvgIpc) is 2.62. The molecular formula is C19H14NO3P. The van der Waals surface area contributed by atoms with E-state index in [4.69, 9.17) is 0 Å². The number of nitrogens with zero attached hydrogens (tertiary/aromatic N) is 1. The second kappa shape index (κ2) is 5.43. The Kier molecular flexibility index (Phi) is 3.36. The molecule has 1 aliphatic rings. The van der Waals surface area contributed by atoms with Crippen LogP contribution in [0.4, 0.5) is 5.69 Å². The van der Waals surface area contributed by atoms with Gasteiger partial charge in [0.1, 0.15) is 7.14 Å². The summed E-state index contributed by atoms with van der Waals surface area (Å²) in [6.45, 7) is 0. The lowest BCUT2D eigenvalue weighted by molar-refractivity contribution is -0.384. The molecule has 0 N–H and O–H groups in total. The van der Waals surface area contributed by atoms with E-state index >= 15 is 0 Å². The standard InChI is InChI=1S/C19H14NO3P/c21-20(22)15-10-11-17-14(12-15)13-24(23,16-6-2-1-3-7-16)19-9-5-4-8-18(17)19/h1-12H,13H2. The smallest absolute Gasteiger partial charge is 0.269 e. The zero-order valence-corrected chi connectivity index (χ0v) is 13.6. The Labute approximate surface area is 139 Å². The highest BCUT2D eigenvalue weighted by Gasteiger charge is 2.35. The lowest BCUT2D eigenvalue weighted by atomic mass is 9.99. The molecule has 0 radical (unpaired) electrons. The maximum Gasteiger partial charge on any atom is 0.269 e. The van der Waals surface area contributed by atoms with E-state index in [0.29, 0.717) is 6.16 Å². The molecule has 24 heavy (non-hydrogen) atoms. The number of hydrogen-bond donors (Lipinski definition) is 0. The minimum absolute atomic E-state index is 0.0349. The van der Waals surface area contributed by atoms with Crippen molar-refractivity contribution in [1.82, 2.24) is 0 Å². The van der Waals surface area contributed by atoms with Crippen molar-refractivity contribution < 1.29 is 9.49 Å². The maximum atomic E-state index is 13.9. The highest BCUT2D eigenvalue weighted by atomic mass is 31.2. The highest BCUT2D eigenvalue weighted by molar-refractivity contribution is 7.78. The van der Waals surface area contributed by atoms with Crippen LogP contribution in [0.25, 0.3) is 11.1 Å². The first-order chi connectivity index (χ1) is 11.6. The molecule has 0 saturated carbocycles. The summed E-state index contributed by atoms with van der Waals surface area (Å²) in [7, 11) is -2.86. The van der Waals surface area contributed by atoms with E-state index in [2.05, 4.69) is 0 Å². The van der Waals surface area contributed by atoms with Gasteiger partial charge in [-0.05, 0) is 22.8 Å². The van der Waals surface area contributed by atoms with E-state index in [1.807, 2.05) is 54.6 Å². The van der Waals surface area contributed by atoms with E-state index in [9.17, 15) is 14.7 Å². The van der Waals surface area contributed by atoms with Crippen LogP contribution in [0.3, 0.4) is 0 Å². The summed E-state index contributed by atoms with van der Waals surface area (Å²) in [5.74, 6) is 0. The quantitative estimate of drug-likeness (QED) is 0.403. The number of benzene rings is 3. The number of non-ortho nitro benzene ring substituents is 1. The molecule has 3 aromatic rings. The third kappa shape index (κ3) is 2.19. The number of nitro benzene ring substituents is 1. The summed E-state index contributed by atoms with van der Waals surface area (Å²) in [5, 5.41) is 12.7. The van der Waals surface area contributed by atoms with E-state index < -0.39 is 12.1 Å². The minimum Gasteiger partial charge on any atom is -0.313 e. The van der Waals surface area contributed by atoms with E-state index in [1.165, 1.54) is 6.07 Å². The molecule has 4 rings (SSSR count). The Morgan fingerprint density at radius 2 is 1.58 bits per heavy atom. The van der Waals surface area contributed by atoms with Crippen LogP contribution in [0.1, 0.15) is 5.56 Å². The van der Waals surface area contributed by atoms with Gasteiger partial charge in [-0.25, -0.2) is 0 Å². The molecule has 0 saturated heterocycles. The lowest BCUT2D eigenvalue weighted by Crippen LogP contribution is -2.23. The second-order valence-corrected chi connectivity index (χ2v) is 8.64. The predicted octanol–water partition coefficient (Wildman–Crippen LogP) is 4.09. The SMILES string of the molecule is O=[N+]([O-])c1ccc2c(c1)CP(=O)(c1ccccc1)c1ccccc1-2. The maximum absolute atomic E-state index is 13.9. The van der Waals surface area contributed by atoms with Crippen LogP contribution in [-0.2, 0) is 10.7 Å². The molecule has 3 aromatic carbocycles. The fourth-order valence-corrected chi connectivity index (χ4v) is 6.27. The van der Waals surface area contributed by atoms with E-state index in [0.717, 1.165) is 27.3 Å². The van der Waals surface area contributed by atoms with Crippen molar-refractivity contribution in [1.29, 1.82) is 0 Å².